The molecule has 4 aliphatic rings. The first-order valence-corrected chi connectivity index (χ1v) is 11.7. The summed E-state index contributed by atoms with van der Waals surface area (Å²) < 4.78 is 38.5. The van der Waals surface area contributed by atoms with Crippen LogP contribution in [0.2, 0.25) is 6.32 Å². The number of halogens is 3. The molecule has 168 valence electrons. The van der Waals surface area contributed by atoms with Crippen LogP contribution < -0.4 is 51.4 Å². The summed E-state index contributed by atoms with van der Waals surface area (Å²) in [5.74, 6) is 0.0712. The van der Waals surface area contributed by atoms with Crippen molar-refractivity contribution < 1.29 is 78.7 Å². The van der Waals surface area contributed by atoms with E-state index in [0.717, 1.165) is 19.3 Å². The monoisotopic (exact) mass is 464 g/mol. The van der Waals surface area contributed by atoms with E-state index in [2.05, 4.69) is 6.92 Å². The number of hydrogen-bond acceptors (Lipinski definition) is 3. The van der Waals surface area contributed by atoms with Gasteiger partial charge in [-0.15, -0.1) is 0 Å². The smallest absolute Gasteiger partial charge is 0.449 e. The molecule has 0 aromatic rings. The molecule has 0 N–H and O–H groups in total. The summed E-state index contributed by atoms with van der Waals surface area (Å²) in [7, 11) is 0. The maximum Gasteiger partial charge on any atom is 1.00 e. The van der Waals surface area contributed by atoms with E-state index < -0.39 is 18.7 Å². The Kier molecular flexibility index (Phi) is 7.53. The quantitative estimate of drug-likeness (QED) is 0.601. The second kappa shape index (κ2) is 8.94. The van der Waals surface area contributed by atoms with E-state index in [9.17, 15) is 27.3 Å². The van der Waals surface area contributed by atoms with Crippen LogP contribution in [0.25, 0.3) is 0 Å². The minimum Gasteiger partial charge on any atom is -0.449 e. The van der Waals surface area contributed by atoms with Crippen molar-refractivity contribution in [3.63, 3.8) is 0 Å². The molecule has 0 aliphatic heterocycles. The van der Waals surface area contributed by atoms with E-state index in [1.54, 1.807) is 0 Å². The van der Waals surface area contributed by atoms with E-state index >= 15 is 0 Å². The van der Waals surface area contributed by atoms with Gasteiger partial charge < -0.3 is 12.9 Å². The van der Waals surface area contributed by atoms with Crippen LogP contribution in [0.1, 0.15) is 72.1 Å². The Bertz CT molecular complexity index is 772. The molecule has 3 nitrogen and oxygen atoms in total. The van der Waals surface area contributed by atoms with Crippen molar-refractivity contribution in [2.24, 2.45) is 46.3 Å². The average molecular weight is 464 g/mol. The molecule has 0 radical (unpaired) electrons. The zero-order valence-electron chi connectivity index (χ0n) is 19.3. The first-order valence-electron chi connectivity index (χ1n) is 11.7. The van der Waals surface area contributed by atoms with Crippen LogP contribution in [0.3, 0.4) is 0 Å². The molecule has 0 unspecified atom stereocenters. The van der Waals surface area contributed by atoms with Gasteiger partial charge in [0.05, 0.1) is 0 Å². The number of carbonyl (C=O) groups is 3. The van der Waals surface area contributed by atoms with Crippen molar-refractivity contribution in [2.45, 2.75) is 78.5 Å². The molecular weight excluding hydrogens is 431 g/mol. The van der Waals surface area contributed by atoms with Crippen molar-refractivity contribution in [1.29, 1.82) is 0 Å². The van der Waals surface area contributed by atoms with Crippen LogP contribution in [0, 0.1) is 46.3 Å². The molecule has 0 saturated heterocycles. The summed E-state index contributed by atoms with van der Waals surface area (Å²) in [5.41, 5.74) is -0.853. The fourth-order valence-electron chi connectivity index (χ4n) is 8.04. The molecule has 4 saturated carbocycles. The van der Waals surface area contributed by atoms with Crippen LogP contribution in [-0.2, 0) is 14.4 Å². The maximum atomic E-state index is 13.6. The number of hydrogen-bond donors (Lipinski definition) is 0. The van der Waals surface area contributed by atoms with E-state index in [-0.39, 0.29) is 116 Å². The predicted molar refractivity (Wildman–Crippen MR) is 109 cm³/mol. The van der Waals surface area contributed by atoms with E-state index in [4.69, 9.17) is 0 Å². The van der Waals surface area contributed by atoms with Gasteiger partial charge in [-0.05, 0) is 54.3 Å². The molecule has 8 atom stereocenters. The third kappa shape index (κ3) is 4.35. The Balaban J connectivity index is 0.00000272. The third-order valence-corrected chi connectivity index (χ3v) is 9.85. The van der Waals surface area contributed by atoms with Crippen molar-refractivity contribution in [1.82, 2.24) is 0 Å². The van der Waals surface area contributed by atoms with Crippen LogP contribution in [-0.4, -0.2) is 24.3 Å². The summed E-state index contributed by atoms with van der Waals surface area (Å²) in [4.78, 5) is 38.9. The van der Waals surface area contributed by atoms with Gasteiger partial charge in [-0.1, -0.05) is 33.5 Å². The first-order chi connectivity index (χ1) is 13.9. The molecule has 0 aromatic carbocycles. The van der Waals surface area contributed by atoms with Crippen LogP contribution in [0.4, 0.5) is 12.9 Å². The molecule has 0 spiro atoms. The van der Waals surface area contributed by atoms with Crippen LogP contribution >= 0.6 is 0 Å². The Morgan fingerprint density at radius 2 is 1.71 bits per heavy atom. The standard InChI is InChI=1S/C23H33BF3O3.K/c1-13(7-9-24(25,26)27)16-4-5-17-21-18(12-20(30)23(16,17)3)22(2)8-6-15(28)10-14(22)11-19(21)29;/h13-14,16-18,21H,4-12H2,1-3H3;/q-1;+1/t13-,14+,16-,17+,18+,21+,22+,23-;/m1./s1. The fourth-order valence-corrected chi connectivity index (χ4v) is 8.04. The van der Waals surface area contributed by atoms with E-state index in [0.29, 0.717) is 25.7 Å². The second-order valence-corrected chi connectivity index (χ2v) is 11.2. The molecule has 0 aromatic heterocycles. The minimum absolute atomic E-state index is 0. The van der Waals surface area contributed by atoms with E-state index in [1.807, 2.05) is 13.8 Å². The van der Waals surface area contributed by atoms with Crippen molar-refractivity contribution in [3.8, 4) is 0 Å². The molecule has 4 rings (SSSR count). The summed E-state index contributed by atoms with van der Waals surface area (Å²) in [6.07, 6.45) is 3.26. The van der Waals surface area contributed by atoms with Crippen LogP contribution in [0.5, 0.6) is 0 Å². The van der Waals surface area contributed by atoms with Crippen molar-refractivity contribution in [2.75, 3.05) is 0 Å². The van der Waals surface area contributed by atoms with E-state index in [1.165, 1.54) is 0 Å². The first kappa shape index (κ1) is 26.1. The summed E-state index contributed by atoms with van der Waals surface area (Å²) >= 11 is 0. The van der Waals surface area contributed by atoms with Crippen molar-refractivity contribution >= 4 is 24.3 Å². The van der Waals surface area contributed by atoms with Gasteiger partial charge in [0.25, 0.3) is 0 Å². The molecule has 8 heteroatoms. The SMILES string of the molecule is C[C@H](CC[B-](F)(F)F)[C@H]1CC[C@H]2[C@@H]3C(=O)C[C@@H]4CC(=O)CC[C@]4(C)[C@H]3CC(=O)[C@]12C.[K+]. The minimum atomic E-state index is -4.82. The zero-order chi connectivity index (χ0) is 22.1. The summed E-state index contributed by atoms with van der Waals surface area (Å²) in [6.45, 7) is 1.14. The normalized spacial score (nSPS) is 43.5. The molecule has 4 aliphatic carbocycles. The Morgan fingerprint density at radius 1 is 1.03 bits per heavy atom. The van der Waals surface area contributed by atoms with Gasteiger partial charge in [0, 0.05) is 37.0 Å². The maximum absolute atomic E-state index is 13.6. The Hall–Kier alpha value is 0.501. The van der Waals surface area contributed by atoms with Gasteiger partial charge >= 0.3 is 58.4 Å². The predicted octanol–water partition coefficient (Wildman–Crippen LogP) is 2.45. The molecule has 4 fully saturated rings. The fraction of sp³-hybridized carbons (Fsp3) is 0.870. The van der Waals surface area contributed by atoms with Crippen LogP contribution in [0.15, 0.2) is 0 Å². The zero-order valence-corrected chi connectivity index (χ0v) is 22.4. The average Bonchev–Trinajstić information content (AvgIpc) is 3.00. The second-order valence-electron chi connectivity index (χ2n) is 11.2. The topological polar surface area (TPSA) is 51.2 Å². The summed E-state index contributed by atoms with van der Waals surface area (Å²) in [6, 6.07) is 0. The number of Topliss-reactive ketones (excluding diaryl/α,β-unsaturated/α-hetero) is 3. The third-order valence-electron chi connectivity index (χ3n) is 9.85. The molecule has 0 bridgehead atoms. The number of fused-ring (bicyclic) bond motifs is 5. The van der Waals surface area contributed by atoms with Gasteiger partial charge in [0.2, 0.25) is 0 Å². The van der Waals surface area contributed by atoms with Crippen molar-refractivity contribution in [3.05, 3.63) is 0 Å². The largest absolute Gasteiger partial charge is 1.00 e. The van der Waals surface area contributed by atoms with Gasteiger partial charge in [-0.3, -0.25) is 14.4 Å². The molecular formula is C23H33BF3KO3. The number of ketones is 3. The number of carbonyl (C=O) groups excluding carboxylic acids is 3. The summed E-state index contributed by atoms with van der Waals surface area (Å²) in [5, 5.41) is 0. The van der Waals surface area contributed by atoms with Gasteiger partial charge in [-0.25, -0.2) is 0 Å². The van der Waals surface area contributed by atoms with Gasteiger partial charge in [0.15, 0.2) is 0 Å². The van der Waals surface area contributed by atoms with Gasteiger partial charge in [-0.2, -0.15) is 0 Å². The Labute approximate surface area is 225 Å². The molecule has 0 heterocycles. The molecule has 0 amide bonds. The van der Waals surface area contributed by atoms with Gasteiger partial charge in [0.1, 0.15) is 17.3 Å². The molecule has 31 heavy (non-hydrogen) atoms. The Morgan fingerprint density at radius 3 is 2.35 bits per heavy atom. The number of rotatable bonds is 4.